The molecule has 1 unspecified atom stereocenters. The lowest BCUT2D eigenvalue weighted by Crippen LogP contribution is -2.51. The number of nitriles is 1. The number of ketones is 1. The minimum Gasteiger partial charge on any atom is -0.444 e. The van der Waals surface area contributed by atoms with Crippen LogP contribution in [0, 0.1) is 29.0 Å². The number of nitrogens with zero attached hydrogens (tertiary/aromatic N) is 2. The molecule has 7 nitrogen and oxygen atoms in total. The molecule has 1 amide bonds. The largest absolute Gasteiger partial charge is 0.494 e. The van der Waals surface area contributed by atoms with Crippen LogP contribution in [0.15, 0.2) is 18.2 Å². The number of rotatable bonds is 6. The van der Waals surface area contributed by atoms with Crippen molar-refractivity contribution >= 4 is 24.5 Å². The van der Waals surface area contributed by atoms with Gasteiger partial charge in [0.15, 0.2) is 5.78 Å². The molecule has 0 radical (unpaired) electrons. The third-order valence-electron chi connectivity index (χ3n) is 8.22. The molecule has 2 saturated heterocycles. The molecule has 0 N–H and O–H groups in total. The number of carbonyl (C=O) groups excluding carboxylic acids is 2. The summed E-state index contributed by atoms with van der Waals surface area (Å²) in [6.07, 6.45) is 2.10. The average Bonchev–Trinajstić information content (AvgIpc) is 3.44. The van der Waals surface area contributed by atoms with E-state index in [2.05, 4.69) is 6.07 Å². The Hall–Kier alpha value is -2.44. The maximum Gasteiger partial charge on any atom is 0.494 e. The summed E-state index contributed by atoms with van der Waals surface area (Å²) >= 11 is 0. The first-order valence-electron chi connectivity index (χ1n) is 13.2. The van der Waals surface area contributed by atoms with Gasteiger partial charge in [-0.2, -0.15) is 5.26 Å². The Kier molecular flexibility index (Phi) is 7.24. The molecule has 0 spiro atoms. The molecule has 3 aliphatic rings. The standard InChI is InChI=1S/C28H38BFN2O5/c1-26(2,3)35-25(34)32-21-11-9-19(14-21)24(32)23(33)13-17(16-31)12-18-8-10-20(15-22(18)30)29-36-27(4,5)28(6,7)37-29/h8,10,15,17,19,21,24H,9,11-14H2,1-7H3/t17?,19-,21+,24-/m0/s1. The minimum atomic E-state index is -0.704. The molecule has 200 valence electrons. The fourth-order valence-electron chi connectivity index (χ4n) is 5.63. The van der Waals surface area contributed by atoms with Crippen LogP contribution in [0.5, 0.6) is 0 Å². The molecule has 1 aromatic carbocycles. The van der Waals surface area contributed by atoms with E-state index in [0.29, 0.717) is 11.0 Å². The Morgan fingerprint density at radius 3 is 2.43 bits per heavy atom. The predicted molar refractivity (Wildman–Crippen MR) is 138 cm³/mol. The van der Waals surface area contributed by atoms with Crippen LogP contribution < -0.4 is 5.46 Å². The summed E-state index contributed by atoms with van der Waals surface area (Å²) in [5.41, 5.74) is -0.806. The molecule has 2 heterocycles. The van der Waals surface area contributed by atoms with Crippen LogP contribution in [0.1, 0.15) is 79.7 Å². The molecule has 4 rings (SSSR count). The highest BCUT2D eigenvalue weighted by Gasteiger charge is 2.53. The van der Waals surface area contributed by atoms with Gasteiger partial charge in [0.05, 0.1) is 29.2 Å². The van der Waals surface area contributed by atoms with Gasteiger partial charge in [-0.1, -0.05) is 12.1 Å². The normalized spacial score (nSPS) is 26.7. The third kappa shape index (κ3) is 5.56. The number of Topliss-reactive ketones (excluding diaryl/α,β-unsaturated/α-hetero) is 1. The number of ether oxygens (including phenoxy) is 1. The predicted octanol–water partition coefficient (Wildman–Crippen LogP) is 4.55. The first-order chi connectivity index (χ1) is 17.1. The smallest absolute Gasteiger partial charge is 0.444 e. The minimum absolute atomic E-state index is 0.00527. The van der Waals surface area contributed by atoms with Gasteiger partial charge in [0, 0.05) is 12.5 Å². The molecular weight excluding hydrogens is 474 g/mol. The van der Waals surface area contributed by atoms with Crippen LogP contribution in [-0.4, -0.2) is 52.8 Å². The lowest BCUT2D eigenvalue weighted by Gasteiger charge is -2.35. The van der Waals surface area contributed by atoms with Crippen molar-refractivity contribution in [1.82, 2.24) is 4.90 Å². The number of carbonyl (C=O) groups is 2. The highest BCUT2D eigenvalue weighted by Crippen LogP contribution is 2.44. The highest BCUT2D eigenvalue weighted by atomic mass is 19.1. The molecule has 1 aromatic rings. The molecule has 4 atom stereocenters. The van der Waals surface area contributed by atoms with Crippen molar-refractivity contribution in [2.75, 3.05) is 0 Å². The van der Waals surface area contributed by atoms with Crippen LogP contribution >= 0.6 is 0 Å². The Morgan fingerprint density at radius 1 is 1.22 bits per heavy atom. The summed E-state index contributed by atoms with van der Waals surface area (Å²) < 4.78 is 32.7. The first kappa shape index (κ1) is 27.6. The Bertz CT molecular complexity index is 1090. The molecule has 2 aliphatic heterocycles. The summed E-state index contributed by atoms with van der Waals surface area (Å²) in [5.74, 6) is -1.24. The second kappa shape index (κ2) is 9.70. The third-order valence-corrected chi connectivity index (χ3v) is 8.22. The van der Waals surface area contributed by atoms with Gasteiger partial charge in [-0.25, -0.2) is 9.18 Å². The summed E-state index contributed by atoms with van der Waals surface area (Å²) in [6, 6.07) is 6.35. The van der Waals surface area contributed by atoms with E-state index < -0.39 is 47.8 Å². The molecule has 37 heavy (non-hydrogen) atoms. The number of amides is 1. The quantitative estimate of drug-likeness (QED) is 0.520. The van der Waals surface area contributed by atoms with Crippen molar-refractivity contribution in [3.05, 3.63) is 29.6 Å². The van der Waals surface area contributed by atoms with E-state index in [1.54, 1.807) is 37.8 Å². The molecule has 9 heteroatoms. The number of hydrogen-bond acceptors (Lipinski definition) is 6. The summed E-state index contributed by atoms with van der Waals surface area (Å²) in [5, 5.41) is 9.80. The summed E-state index contributed by atoms with van der Waals surface area (Å²) in [7, 11) is -0.682. The van der Waals surface area contributed by atoms with Crippen molar-refractivity contribution in [2.45, 2.75) is 109 Å². The average molecular weight is 512 g/mol. The van der Waals surface area contributed by atoms with Gasteiger partial charge >= 0.3 is 13.2 Å². The van der Waals surface area contributed by atoms with Crippen molar-refractivity contribution in [3.63, 3.8) is 0 Å². The van der Waals surface area contributed by atoms with Crippen LogP contribution in [0.25, 0.3) is 0 Å². The lowest BCUT2D eigenvalue weighted by atomic mass is 9.78. The van der Waals surface area contributed by atoms with E-state index >= 15 is 4.39 Å². The molecule has 3 fully saturated rings. The van der Waals surface area contributed by atoms with E-state index in [1.165, 1.54) is 6.07 Å². The maximum atomic E-state index is 15.1. The number of piperidine rings is 1. The van der Waals surface area contributed by atoms with E-state index in [0.717, 1.165) is 19.3 Å². The van der Waals surface area contributed by atoms with E-state index in [-0.39, 0.29) is 30.6 Å². The fraction of sp³-hybridized carbons (Fsp3) is 0.679. The zero-order chi connectivity index (χ0) is 27.3. The molecular formula is C28H38BFN2O5. The number of fused-ring (bicyclic) bond motifs is 2. The van der Waals surface area contributed by atoms with E-state index in [9.17, 15) is 14.9 Å². The Labute approximate surface area is 219 Å². The van der Waals surface area contributed by atoms with Crippen LogP contribution in [-0.2, 0) is 25.3 Å². The Morgan fingerprint density at radius 2 is 1.86 bits per heavy atom. The first-order valence-corrected chi connectivity index (χ1v) is 13.2. The molecule has 1 saturated carbocycles. The van der Waals surface area contributed by atoms with Crippen molar-refractivity contribution in [1.29, 1.82) is 5.26 Å². The maximum absolute atomic E-state index is 15.1. The van der Waals surface area contributed by atoms with Gasteiger partial charge in [0.25, 0.3) is 0 Å². The van der Waals surface area contributed by atoms with E-state index in [4.69, 9.17) is 14.0 Å². The number of likely N-dealkylation sites (tertiary alicyclic amines) is 1. The van der Waals surface area contributed by atoms with Crippen molar-refractivity contribution < 1.29 is 28.0 Å². The molecule has 1 aliphatic carbocycles. The molecule has 2 bridgehead atoms. The lowest BCUT2D eigenvalue weighted by molar-refractivity contribution is -0.126. The SMILES string of the molecule is CC(C)(C)OC(=O)N1[C@@H]2CC[C@@H](C2)[C@H]1C(=O)CC(C#N)Cc1ccc(B2OC(C)(C)C(C)(C)O2)cc1F. The monoisotopic (exact) mass is 512 g/mol. The highest BCUT2D eigenvalue weighted by molar-refractivity contribution is 6.62. The molecule has 0 aromatic heterocycles. The van der Waals surface area contributed by atoms with Crippen molar-refractivity contribution in [2.24, 2.45) is 11.8 Å². The second-order valence-electron chi connectivity index (χ2n) is 12.7. The second-order valence-corrected chi connectivity index (χ2v) is 12.7. The topological polar surface area (TPSA) is 88.9 Å². The number of halogens is 1. The van der Waals surface area contributed by atoms with E-state index in [1.807, 2.05) is 27.7 Å². The zero-order valence-electron chi connectivity index (χ0n) is 23.0. The van der Waals surface area contributed by atoms with Gasteiger partial charge in [0.1, 0.15) is 11.4 Å². The summed E-state index contributed by atoms with van der Waals surface area (Å²) in [4.78, 5) is 27.9. The van der Waals surface area contributed by atoms with Gasteiger partial charge in [-0.05, 0) is 97.2 Å². The fourth-order valence-corrected chi connectivity index (χ4v) is 5.63. The number of benzene rings is 1. The van der Waals surface area contributed by atoms with Crippen LogP contribution in [0.2, 0.25) is 0 Å². The van der Waals surface area contributed by atoms with Gasteiger partial charge in [0.2, 0.25) is 0 Å². The van der Waals surface area contributed by atoms with Crippen LogP contribution in [0.3, 0.4) is 0 Å². The van der Waals surface area contributed by atoms with Gasteiger partial charge < -0.3 is 14.0 Å². The van der Waals surface area contributed by atoms with Crippen molar-refractivity contribution in [3.8, 4) is 6.07 Å². The Balaban J connectivity index is 1.43. The summed E-state index contributed by atoms with van der Waals surface area (Å²) in [6.45, 7) is 13.1. The van der Waals surface area contributed by atoms with Gasteiger partial charge in [-0.15, -0.1) is 0 Å². The van der Waals surface area contributed by atoms with Gasteiger partial charge in [-0.3, -0.25) is 9.69 Å². The van der Waals surface area contributed by atoms with Crippen LogP contribution in [0.4, 0.5) is 9.18 Å². The number of hydrogen-bond donors (Lipinski definition) is 0. The zero-order valence-corrected chi connectivity index (χ0v) is 23.0.